The second-order valence-corrected chi connectivity index (χ2v) is 4.55. The van der Waals surface area contributed by atoms with Crippen LogP contribution in [0.1, 0.15) is 50.2 Å². The van der Waals surface area contributed by atoms with E-state index in [1.165, 1.54) is 0 Å². The Kier molecular flexibility index (Phi) is 3.56. The molecule has 5 heteroatoms. The van der Waals surface area contributed by atoms with E-state index in [2.05, 4.69) is 10.1 Å². The number of ether oxygens (including phenoxy) is 1. The molecule has 5 nitrogen and oxygen atoms in total. The molecule has 1 aliphatic heterocycles. The lowest BCUT2D eigenvalue weighted by Crippen LogP contribution is -2.23. The molecule has 0 aliphatic carbocycles. The van der Waals surface area contributed by atoms with Crippen LogP contribution in [0, 0.1) is 0 Å². The molecule has 0 saturated carbocycles. The van der Waals surface area contributed by atoms with Crippen LogP contribution in [0.25, 0.3) is 0 Å². The van der Waals surface area contributed by atoms with Crippen molar-refractivity contribution in [2.75, 3.05) is 13.2 Å². The first-order valence-electron chi connectivity index (χ1n) is 5.85. The largest absolute Gasteiger partial charge is 0.381 e. The molecule has 0 aromatic carbocycles. The highest BCUT2D eigenvalue weighted by molar-refractivity contribution is 5.00. The van der Waals surface area contributed by atoms with E-state index in [1.54, 1.807) is 0 Å². The molecule has 0 amide bonds. The smallest absolute Gasteiger partial charge is 0.231 e. The first kappa shape index (κ1) is 11.5. The third-order valence-corrected chi connectivity index (χ3v) is 3.16. The minimum absolute atomic E-state index is 0.0240. The summed E-state index contributed by atoms with van der Waals surface area (Å²) in [5, 5.41) is 4.02. The van der Waals surface area contributed by atoms with E-state index in [0.717, 1.165) is 25.3 Å². The zero-order valence-electron chi connectivity index (χ0n) is 9.85. The molecule has 0 bridgehead atoms. The maximum atomic E-state index is 5.80. The van der Waals surface area contributed by atoms with Gasteiger partial charge in [-0.25, -0.2) is 0 Å². The second kappa shape index (κ2) is 4.93. The van der Waals surface area contributed by atoms with Crippen molar-refractivity contribution in [3.63, 3.8) is 0 Å². The van der Waals surface area contributed by atoms with Gasteiger partial charge in [0.2, 0.25) is 5.89 Å². The normalized spacial score (nSPS) is 25.3. The summed E-state index contributed by atoms with van der Waals surface area (Å²) in [6.45, 7) is 5.49. The summed E-state index contributed by atoms with van der Waals surface area (Å²) in [5.41, 5.74) is 5.80. The number of nitrogens with zero attached hydrogens (tertiary/aromatic N) is 2. The highest BCUT2D eigenvalue weighted by Gasteiger charge is 2.24. The van der Waals surface area contributed by atoms with E-state index < -0.39 is 0 Å². The number of rotatable bonds is 3. The van der Waals surface area contributed by atoms with E-state index in [9.17, 15) is 0 Å². The lowest BCUT2D eigenvalue weighted by molar-refractivity contribution is 0.0773. The topological polar surface area (TPSA) is 74.2 Å². The zero-order valence-corrected chi connectivity index (χ0v) is 9.85. The summed E-state index contributed by atoms with van der Waals surface area (Å²) in [4.78, 5) is 4.42. The van der Waals surface area contributed by atoms with Gasteiger partial charge in [-0.1, -0.05) is 12.1 Å². The Labute approximate surface area is 95.3 Å². The van der Waals surface area contributed by atoms with Gasteiger partial charge in [0.15, 0.2) is 5.82 Å². The molecule has 2 rings (SSSR count). The van der Waals surface area contributed by atoms with Crippen LogP contribution in [0.4, 0.5) is 0 Å². The van der Waals surface area contributed by atoms with Gasteiger partial charge >= 0.3 is 0 Å². The molecule has 1 aliphatic rings. The lowest BCUT2D eigenvalue weighted by Gasteiger charge is -2.18. The first-order chi connectivity index (χ1) is 7.68. The standard InChI is InChI=1S/C11H19N3O2/c1-7(8(2)12)11-13-10(14-16-11)9-4-3-5-15-6-9/h7-9H,3-6,12H2,1-2H3. The Morgan fingerprint density at radius 3 is 2.88 bits per heavy atom. The molecule has 1 aromatic heterocycles. The molecule has 90 valence electrons. The number of hydrogen-bond donors (Lipinski definition) is 1. The van der Waals surface area contributed by atoms with Crippen LogP contribution in [-0.4, -0.2) is 29.4 Å². The fourth-order valence-electron chi connectivity index (χ4n) is 1.77. The van der Waals surface area contributed by atoms with Crippen molar-refractivity contribution in [2.45, 2.75) is 44.6 Å². The Bertz CT molecular complexity index is 332. The fourth-order valence-corrected chi connectivity index (χ4v) is 1.77. The van der Waals surface area contributed by atoms with Gasteiger partial charge in [0.05, 0.1) is 12.5 Å². The van der Waals surface area contributed by atoms with Gasteiger partial charge in [-0.3, -0.25) is 0 Å². The minimum atomic E-state index is 0.0240. The second-order valence-electron chi connectivity index (χ2n) is 4.55. The van der Waals surface area contributed by atoms with Crippen molar-refractivity contribution in [1.82, 2.24) is 10.1 Å². The van der Waals surface area contributed by atoms with Gasteiger partial charge in [-0.2, -0.15) is 4.98 Å². The van der Waals surface area contributed by atoms with Crippen LogP contribution in [0.2, 0.25) is 0 Å². The average molecular weight is 225 g/mol. The lowest BCUT2D eigenvalue weighted by atomic mass is 10.0. The summed E-state index contributed by atoms with van der Waals surface area (Å²) >= 11 is 0. The molecule has 1 saturated heterocycles. The van der Waals surface area contributed by atoms with Gasteiger partial charge < -0.3 is 15.0 Å². The Morgan fingerprint density at radius 2 is 2.25 bits per heavy atom. The summed E-state index contributed by atoms with van der Waals surface area (Å²) in [5.74, 6) is 1.79. The monoisotopic (exact) mass is 225 g/mol. The summed E-state index contributed by atoms with van der Waals surface area (Å²) in [6, 6.07) is 0.0240. The highest BCUT2D eigenvalue weighted by atomic mass is 16.5. The van der Waals surface area contributed by atoms with Crippen molar-refractivity contribution < 1.29 is 9.26 Å². The number of aromatic nitrogens is 2. The number of nitrogens with two attached hydrogens (primary N) is 1. The highest BCUT2D eigenvalue weighted by Crippen LogP contribution is 2.25. The Morgan fingerprint density at radius 1 is 1.44 bits per heavy atom. The SMILES string of the molecule is CC(N)C(C)c1nc(C2CCCOC2)no1. The van der Waals surface area contributed by atoms with Crippen molar-refractivity contribution in [3.8, 4) is 0 Å². The molecular weight excluding hydrogens is 206 g/mol. The maximum absolute atomic E-state index is 5.80. The van der Waals surface area contributed by atoms with Gasteiger partial charge in [-0.05, 0) is 19.8 Å². The maximum Gasteiger partial charge on any atom is 0.231 e. The summed E-state index contributed by atoms with van der Waals surface area (Å²) < 4.78 is 10.7. The molecule has 2 N–H and O–H groups in total. The Hall–Kier alpha value is -0.940. The van der Waals surface area contributed by atoms with Gasteiger partial charge in [0, 0.05) is 18.6 Å². The van der Waals surface area contributed by atoms with E-state index in [0.29, 0.717) is 12.5 Å². The van der Waals surface area contributed by atoms with E-state index in [4.69, 9.17) is 15.0 Å². The van der Waals surface area contributed by atoms with Crippen molar-refractivity contribution >= 4 is 0 Å². The molecule has 0 spiro atoms. The predicted octanol–water partition coefficient (Wildman–Crippen LogP) is 1.41. The van der Waals surface area contributed by atoms with Crippen LogP contribution in [-0.2, 0) is 4.74 Å². The molecule has 0 radical (unpaired) electrons. The molecular formula is C11H19N3O2. The summed E-state index contributed by atoms with van der Waals surface area (Å²) in [6.07, 6.45) is 2.14. The third kappa shape index (κ3) is 2.41. The van der Waals surface area contributed by atoms with E-state index in [-0.39, 0.29) is 17.9 Å². The molecule has 3 atom stereocenters. The molecule has 3 unspecified atom stereocenters. The molecule has 2 heterocycles. The predicted molar refractivity (Wildman–Crippen MR) is 59.2 cm³/mol. The van der Waals surface area contributed by atoms with Crippen LogP contribution >= 0.6 is 0 Å². The fraction of sp³-hybridized carbons (Fsp3) is 0.818. The van der Waals surface area contributed by atoms with Crippen LogP contribution < -0.4 is 5.73 Å². The Balaban J connectivity index is 2.06. The van der Waals surface area contributed by atoms with Crippen LogP contribution in [0.15, 0.2) is 4.52 Å². The van der Waals surface area contributed by atoms with Crippen LogP contribution in [0.3, 0.4) is 0 Å². The first-order valence-corrected chi connectivity index (χ1v) is 5.85. The minimum Gasteiger partial charge on any atom is -0.381 e. The molecule has 1 fully saturated rings. The molecule has 1 aromatic rings. The van der Waals surface area contributed by atoms with Gasteiger partial charge in [0.1, 0.15) is 0 Å². The van der Waals surface area contributed by atoms with Gasteiger partial charge in [0.25, 0.3) is 0 Å². The zero-order chi connectivity index (χ0) is 11.5. The van der Waals surface area contributed by atoms with Crippen molar-refractivity contribution in [1.29, 1.82) is 0 Å². The van der Waals surface area contributed by atoms with Gasteiger partial charge in [-0.15, -0.1) is 0 Å². The average Bonchev–Trinajstić information content (AvgIpc) is 2.78. The van der Waals surface area contributed by atoms with E-state index in [1.807, 2.05) is 13.8 Å². The van der Waals surface area contributed by atoms with Crippen molar-refractivity contribution in [3.05, 3.63) is 11.7 Å². The van der Waals surface area contributed by atoms with Crippen molar-refractivity contribution in [2.24, 2.45) is 5.73 Å². The quantitative estimate of drug-likeness (QED) is 0.842. The molecule has 16 heavy (non-hydrogen) atoms. The van der Waals surface area contributed by atoms with E-state index >= 15 is 0 Å². The summed E-state index contributed by atoms with van der Waals surface area (Å²) in [7, 11) is 0. The third-order valence-electron chi connectivity index (χ3n) is 3.16. The van der Waals surface area contributed by atoms with Crippen LogP contribution in [0.5, 0.6) is 0 Å². The number of hydrogen-bond acceptors (Lipinski definition) is 5.